The fourth-order valence-electron chi connectivity index (χ4n) is 4.64. The summed E-state index contributed by atoms with van der Waals surface area (Å²) in [4.78, 5) is 4.96. The SMILES string of the molecule is CN(CCCNCc1cccn1-c1nnc(N2CCCCC2)s1)C1CCCCC1. The summed E-state index contributed by atoms with van der Waals surface area (Å²) in [7, 11) is 2.30. The number of aromatic nitrogens is 3. The van der Waals surface area contributed by atoms with Gasteiger partial charge < -0.3 is 15.1 Å². The van der Waals surface area contributed by atoms with Crippen molar-refractivity contribution in [3.8, 4) is 5.13 Å². The highest BCUT2D eigenvalue weighted by Crippen LogP contribution is 2.27. The smallest absolute Gasteiger partial charge is 0.218 e. The molecule has 4 rings (SSSR count). The van der Waals surface area contributed by atoms with E-state index in [0.29, 0.717) is 0 Å². The molecule has 0 radical (unpaired) electrons. The second-order valence-electron chi connectivity index (χ2n) is 8.59. The van der Waals surface area contributed by atoms with E-state index >= 15 is 0 Å². The summed E-state index contributed by atoms with van der Waals surface area (Å²) in [5.74, 6) is 0. The average Bonchev–Trinajstić information content (AvgIpc) is 3.44. The standard InChI is InChI=1S/C22H36N6S/c1-26(19-10-4-2-5-11-19)14-9-13-23-18-20-12-8-17-28(20)22-25-24-21(29-22)27-15-6-3-7-16-27/h8,12,17,19,23H,2-7,9-11,13-16,18H2,1H3. The second kappa shape index (κ2) is 10.5. The molecular weight excluding hydrogens is 380 g/mol. The summed E-state index contributed by atoms with van der Waals surface area (Å²) in [6.45, 7) is 5.35. The highest BCUT2D eigenvalue weighted by Gasteiger charge is 2.18. The molecule has 1 saturated heterocycles. The molecule has 0 bridgehead atoms. The van der Waals surface area contributed by atoms with Gasteiger partial charge in [-0.2, -0.15) is 0 Å². The van der Waals surface area contributed by atoms with Crippen molar-refractivity contribution in [2.24, 2.45) is 0 Å². The number of nitrogens with one attached hydrogen (secondary N) is 1. The first-order valence-electron chi connectivity index (χ1n) is 11.5. The first-order chi connectivity index (χ1) is 14.3. The van der Waals surface area contributed by atoms with Gasteiger partial charge in [0.15, 0.2) is 0 Å². The van der Waals surface area contributed by atoms with Crippen LogP contribution in [0.2, 0.25) is 0 Å². The zero-order chi connectivity index (χ0) is 19.9. The van der Waals surface area contributed by atoms with Crippen molar-refractivity contribution < 1.29 is 0 Å². The molecule has 2 aromatic rings. The molecule has 0 aromatic carbocycles. The summed E-state index contributed by atoms with van der Waals surface area (Å²) in [6, 6.07) is 5.10. The van der Waals surface area contributed by atoms with E-state index in [9.17, 15) is 0 Å². The third-order valence-corrected chi connectivity index (χ3v) is 7.42. The molecule has 1 saturated carbocycles. The highest BCUT2D eigenvalue weighted by molar-refractivity contribution is 7.17. The minimum Gasteiger partial charge on any atom is -0.347 e. The maximum atomic E-state index is 4.47. The highest BCUT2D eigenvalue weighted by atomic mass is 32.1. The van der Waals surface area contributed by atoms with E-state index in [1.54, 1.807) is 11.3 Å². The summed E-state index contributed by atoms with van der Waals surface area (Å²) in [6.07, 6.45) is 14.2. The Bertz CT molecular complexity index is 729. The van der Waals surface area contributed by atoms with E-state index in [-0.39, 0.29) is 0 Å². The van der Waals surface area contributed by atoms with Crippen LogP contribution in [0.25, 0.3) is 5.13 Å². The topological polar surface area (TPSA) is 49.2 Å². The summed E-state index contributed by atoms with van der Waals surface area (Å²) in [5.41, 5.74) is 1.26. The van der Waals surface area contributed by atoms with E-state index in [1.165, 1.54) is 70.0 Å². The largest absolute Gasteiger partial charge is 0.347 e. The van der Waals surface area contributed by atoms with Gasteiger partial charge in [0.2, 0.25) is 10.3 Å². The van der Waals surface area contributed by atoms with Gasteiger partial charge in [-0.15, -0.1) is 10.2 Å². The minimum atomic E-state index is 0.812. The summed E-state index contributed by atoms with van der Waals surface area (Å²) in [5, 5.41) is 14.6. The van der Waals surface area contributed by atoms with E-state index in [4.69, 9.17) is 0 Å². The van der Waals surface area contributed by atoms with Crippen LogP contribution in [0.3, 0.4) is 0 Å². The lowest BCUT2D eigenvalue weighted by Gasteiger charge is -2.31. The predicted octanol–water partition coefficient (Wildman–Crippen LogP) is 4.06. The van der Waals surface area contributed by atoms with E-state index in [1.807, 2.05) is 0 Å². The Hall–Kier alpha value is -1.44. The van der Waals surface area contributed by atoms with Gasteiger partial charge in [0.25, 0.3) is 0 Å². The molecule has 7 heteroatoms. The molecule has 0 spiro atoms. The maximum absolute atomic E-state index is 4.47. The number of piperidine rings is 1. The van der Waals surface area contributed by atoms with Crippen LogP contribution in [0.4, 0.5) is 5.13 Å². The van der Waals surface area contributed by atoms with Crippen LogP contribution in [-0.4, -0.2) is 58.9 Å². The lowest BCUT2D eigenvalue weighted by molar-refractivity contribution is 0.189. The predicted molar refractivity (Wildman–Crippen MR) is 121 cm³/mol. The zero-order valence-electron chi connectivity index (χ0n) is 17.9. The van der Waals surface area contributed by atoms with Gasteiger partial charge in [-0.3, -0.25) is 4.57 Å². The van der Waals surface area contributed by atoms with Crippen LogP contribution >= 0.6 is 11.3 Å². The lowest BCUT2D eigenvalue weighted by Crippen LogP contribution is -2.35. The van der Waals surface area contributed by atoms with Crippen molar-refractivity contribution in [1.29, 1.82) is 0 Å². The molecule has 3 heterocycles. The van der Waals surface area contributed by atoms with Gasteiger partial charge in [0.1, 0.15) is 0 Å². The fraction of sp³-hybridized carbons (Fsp3) is 0.727. The van der Waals surface area contributed by atoms with Crippen LogP contribution in [0, 0.1) is 0 Å². The van der Waals surface area contributed by atoms with Crippen molar-refractivity contribution >= 4 is 16.5 Å². The lowest BCUT2D eigenvalue weighted by atomic mass is 9.94. The summed E-state index contributed by atoms with van der Waals surface area (Å²) >= 11 is 1.71. The molecule has 2 aromatic heterocycles. The van der Waals surface area contributed by atoms with Crippen LogP contribution < -0.4 is 10.2 Å². The Morgan fingerprint density at radius 3 is 2.66 bits per heavy atom. The molecule has 0 amide bonds. The van der Waals surface area contributed by atoms with Crippen molar-refractivity contribution in [1.82, 2.24) is 25.0 Å². The molecule has 160 valence electrons. The first kappa shape index (κ1) is 20.8. The van der Waals surface area contributed by atoms with Gasteiger partial charge in [-0.05, 0) is 70.8 Å². The number of anilines is 1. The molecule has 0 unspecified atom stereocenters. The van der Waals surface area contributed by atoms with Crippen LogP contribution in [0.1, 0.15) is 63.5 Å². The Labute approximate surface area is 179 Å². The monoisotopic (exact) mass is 416 g/mol. The third kappa shape index (κ3) is 5.58. The molecule has 1 aliphatic carbocycles. The average molecular weight is 417 g/mol. The molecule has 1 N–H and O–H groups in total. The molecule has 2 fully saturated rings. The van der Waals surface area contributed by atoms with Gasteiger partial charge in [0, 0.05) is 37.6 Å². The number of nitrogens with zero attached hydrogens (tertiary/aromatic N) is 5. The fourth-order valence-corrected chi connectivity index (χ4v) is 5.55. The summed E-state index contributed by atoms with van der Waals surface area (Å²) < 4.78 is 2.19. The Morgan fingerprint density at radius 1 is 1.07 bits per heavy atom. The van der Waals surface area contributed by atoms with Crippen molar-refractivity contribution in [3.63, 3.8) is 0 Å². The minimum absolute atomic E-state index is 0.812. The number of hydrogen-bond acceptors (Lipinski definition) is 6. The van der Waals surface area contributed by atoms with Gasteiger partial charge in [-0.25, -0.2) is 0 Å². The van der Waals surface area contributed by atoms with E-state index in [2.05, 4.69) is 55.3 Å². The van der Waals surface area contributed by atoms with Gasteiger partial charge in [-0.1, -0.05) is 30.6 Å². The Balaban J connectivity index is 1.23. The third-order valence-electron chi connectivity index (χ3n) is 6.44. The van der Waals surface area contributed by atoms with E-state index in [0.717, 1.165) is 42.5 Å². The van der Waals surface area contributed by atoms with Crippen LogP contribution in [0.5, 0.6) is 0 Å². The maximum Gasteiger partial charge on any atom is 0.218 e. The quantitative estimate of drug-likeness (QED) is 0.625. The number of rotatable bonds is 9. The molecule has 1 aliphatic heterocycles. The molecule has 29 heavy (non-hydrogen) atoms. The second-order valence-corrected chi connectivity index (χ2v) is 9.52. The Kier molecular flexibility index (Phi) is 7.57. The molecule has 2 aliphatic rings. The van der Waals surface area contributed by atoms with Crippen molar-refractivity contribution in [2.75, 3.05) is 38.1 Å². The zero-order valence-corrected chi connectivity index (χ0v) is 18.7. The first-order valence-corrected chi connectivity index (χ1v) is 12.3. The molecule has 6 nitrogen and oxygen atoms in total. The van der Waals surface area contributed by atoms with Crippen molar-refractivity contribution in [2.45, 2.75) is 70.4 Å². The molecular formula is C22H36N6S. The van der Waals surface area contributed by atoms with E-state index < -0.39 is 0 Å². The van der Waals surface area contributed by atoms with Crippen molar-refractivity contribution in [3.05, 3.63) is 24.0 Å². The number of hydrogen-bond donors (Lipinski definition) is 1. The van der Waals surface area contributed by atoms with Crippen LogP contribution in [-0.2, 0) is 6.54 Å². The normalized spacial score (nSPS) is 18.6. The van der Waals surface area contributed by atoms with Crippen LogP contribution in [0.15, 0.2) is 18.3 Å². The Morgan fingerprint density at radius 2 is 1.83 bits per heavy atom. The van der Waals surface area contributed by atoms with Gasteiger partial charge >= 0.3 is 0 Å². The van der Waals surface area contributed by atoms with Gasteiger partial charge in [0.05, 0.1) is 0 Å². The molecule has 0 atom stereocenters.